The Morgan fingerprint density at radius 3 is 2.52 bits per heavy atom. The Morgan fingerprint density at radius 2 is 1.81 bits per heavy atom. The zero-order valence-electron chi connectivity index (χ0n) is 15.9. The summed E-state index contributed by atoms with van der Waals surface area (Å²) >= 11 is 3.61. The Hall–Kier alpha value is -1.63. The highest BCUT2D eigenvalue weighted by Crippen LogP contribution is 2.38. The molecule has 0 spiro atoms. The molecule has 0 fully saturated rings. The maximum Gasteiger partial charge on any atom is 0.231 e. The van der Waals surface area contributed by atoms with E-state index in [4.69, 9.17) is 18.9 Å². The van der Waals surface area contributed by atoms with Crippen molar-refractivity contribution in [3.05, 3.63) is 45.9 Å². The quantitative estimate of drug-likeness (QED) is 0.654. The van der Waals surface area contributed by atoms with E-state index < -0.39 is 0 Å². The molecular formula is C20H25BrClNO4. The van der Waals surface area contributed by atoms with Gasteiger partial charge in [-0.25, -0.2) is 0 Å². The minimum absolute atomic E-state index is 0. The van der Waals surface area contributed by atoms with Gasteiger partial charge in [-0.2, -0.15) is 0 Å². The van der Waals surface area contributed by atoms with Crippen LogP contribution in [-0.4, -0.2) is 19.4 Å². The van der Waals surface area contributed by atoms with Crippen molar-refractivity contribution in [3.8, 4) is 23.0 Å². The highest BCUT2D eigenvalue weighted by Gasteiger charge is 2.16. The molecule has 0 amide bonds. The van der Waals surface area contributed by atoms with Crippen LogP contribution in [-0.2, 0) is 13.2 Å². The zero-order chi connectivity index (χ0) is 18.7. The van der Waals surface area contributed by atoms with E-state index in [9.17, 15) is 0 Å². The molecule has 0 aromatic heterocycles. The molecule has 27 heavy (non-hydrogen) atoms. The third-order valence-electron chi connectivity index (χ3n) is 3.93. The standard InChI is InChI=1S/C20H24BrNO4.ClH/c1-20(2,3)22-10-14-7-15(21)19(18(9-14)23-4)24-11-13-5-6-16-17(8-13)26-12-25-16;/h5-9,22H,10-12H2,1-4H3;1H. The molecule has 2 aromatic rings. The molecule has 0 radical (unpaired) electrons. The summed E-state index contributed by atoms with van der Waals surface area (Å²) < 4.78 is 23.2. The fraction of sp³-hybridized carbons (Fsp3) is 0.400. The summed E-state index contributed by atoms with van der Waals surface area (Å²) in [5, 5.41) is 3.47. The van der Waals surface area contributed by atoms with Crippen LogP contribution < -0.4 is 24.3 Å². The number of hydrogen-bond acceptors (Lipinski definition) is 5. The fourth-order valence-electron chi connectivity index (χ4n) is 2.57. The second-order valence-corrected chi connectivity index (χ2v) is 8.04. The van der Waals surface area contributed by atoms with Gasteiger partial charge < -0.3 is 24.3 Å². The monoisotopic (exact) mass is 457 g/mol. The van der Waals surface area contributed by atoms with Crippen molar-refractivity contribution in [1.29, 1.82) is 0 Å². The molecule has 1 aliphatic heterocycles. The van der Waals surface area contributed by atoms with Crippen molar-refractivity contribution in [2.24, 2.45) is 0 Å². The molecule has 0 bridgehead atoms. The average Bonchev–Trinajstić information content (AvgIpc) is 3.05. The summed E-state index contributed by atoms with van der Waals surface area (Å²) in [6, 6.07) is 9.85. The number of halogens is 2. The van der Waals surface area contributed by atoms with Crippen molar-refractivity contribution in [1.82, 2.24) is 5.32 Å². The van der Waals surface area contributed by atoms with Crippen molar-refractivity contribution in [2.75, 3.05) is 13.9 Å². The van der Waals surface area contributed by atoms with Gasteiger partial charge in [-0.3, -0.25) is 0 Å². The van der Waals surface area contributed by atoms with Gasteiger partial charge in [-0.1, -0.05) is 6.07 Å². The number of rotatable bonds is 6. The number of nitrogens with one attached hydrogen (secondary N) is 1. The highest BCUT2D eigenvalue weighted by atomic mass is 79.9. The minimum Gasteiger partial charge on any atom is -0.493 e. The van der Waals surface area contributed by atoms with Crippen molar-refractivity contribution < 1.29 is 18.9 Å². The van der Waals surface area contributed by atoms with E-state index in [2.05, 4.69) is 48.1 Å². The third kappa shape index (κ3) is 5.67. The zero-order valence-corrected chi connectivity index (χ0v) is 18.3. The Bertz CT molecular complexity index is 792. The fourth-order valence-corrected chi connectivity index (χ4v) is 3.17. The first-order valence-corrected chi connectivity index (χ1v) is 9.28. The van der Waals surface area contributed by atoms with Gasteiger partial charge >= 0.3 is 0 Å². The molecule has 1 heterocycles. The van der Waals surface area contributed by atoms with Crippen LogP contribution >= 0.6 is 28.3 Å². The molecule has 2 aromatic carbocycles. The molecule has 0 saturated carbocycles. The van der Waals surface area contributed by atoms with Crippen LogP contribution in [0.5, 0.6) is 23.0 Å². The van der Waals surface area contributed by atoms with Crippen LogP contribution in [0, 0.1) is 0 Å². The van der Waals surface area contributed by atoms with Crippen LogP contribution in [0.25, 0.3) is 0 Å². The molecule has 7 heteroatoms. The number of fused-ring (bicyclic) bond motifs is 1. The molecule has 0 unspecified atom stereocenters. The number of benzene rings is 2. The van der Waals surface area contributed by atoms with E-state index in [1.807, 2.05) is 24.3 Å². The number of hydrogen-bond donors (Lipinski definition) is 1. The van der Waals surface area contributed by atoms with Gasteiger partial charge in [0.2, 0.25) is 6.79 Å². The lowest BCUT2D eigenvalue weighted by atomic mass is 10.1. The summed E-state index contributed by atoms with van der Waals surface area (Å²) in [6.07, 6.45) is 0. The van der Waals surface area contributed by atoms with Crippen molar-refractivity contribution >= 4 is 28.3 Å². The van der Waals surface area contributed by atoms with Crippen molar-refractivity contribution in [3.63, 3.8) is 0 Å². The lowest BCUT2D eigenvalue weighted by Gasteiger charge is -2.21. The summed E-state index contributed by atoms with van der Waals surface area (Å²) in [5.41, 5.74) is 2.18. The smallest absolute Gasteiger partial charge is 0.231 e. The Kier molecular flexibility index (Phi) is 7.25. The summed E-state index contributed by atoms with van der Waals surface area (Å²) in [4.78, 5) is 0. The minimum atomic E-state index is 0. The molecule has 1 aliphatic rings. The largest absolute Gasteiger partial charge is 0.493 e. The normalized spacial score (nSPS) is 12.5. The summed E-state index contributed by atoms with van der Waals surface area (Å²) in [7, 11) is 1.65. The van der Waals surface area contributed by atoms with Crippen LogP contribution in [0.3, 0.4) is 0 Å². The van der Waals surface area contributed by atoms with Gasteiger partial charge in [-0.15, -0.1) is 12.4 Å². The highest BCUT2D eigenvalue weighted by molar-refractivity contribution is 9.10. The predicted molar refractivity (Wildman–Crippen MR) is 111 cm³/mol. The lowest BCUT2D eigenvalue weighted by Crippen LogP contribution is -2.35. The third-order valence-corrected chi connectivity index (χ3v) is 4.52. The van der Waals surface area contributed by atoms with Gasteiger partial charge in [0.1, 0.15) is 6.61 Å². The molecule has 0 saturated heterocycles. The molecular weight excluding hydrogens is 434 g/mol. The van der Waals surface area contributed by atoms with Crippen LogP contribution in [0.1, 0.15) is 31.9 Å². The van der Waals surface area contributed by atoms with Gasteiger partial charge in [0.05, 0.1) is 11.6 Å². The Balaban J connectivity index is 0.00000261. The van der Waals surface area contributed by atoms with Gasteiger partial charge in [0, 0.05) is 12.1 Å². The maximum absolute atomic E-state index is 6.02. The number of ether oxygens (including phenoxy) is 4. The SMILES string of the molecule is COc1cc(CNC(C)(C)C)cc(Br)c1OCc1ccc2c(c1)OCO2.Cl. The van der Waals surface area contributed by atoms with Crippen LogP contribution in [0.4, 0.5) is 0 Å². The second kappa shape index (κ2) is 9.04. The van der Waals surface area contributed by atoms with E-state index >= 15 is 0 Å². The van der Waals surface area contributed by atoms with Crippen LogP contribution in [0.15, 0.2) is 34.8 Å². The van der Waals surface area contributed by atoms with Gasteiger partial charge in [-0.05, 0) is 72.1 Å². The molecule has 0 aliphatic carbocycles. The van der Waals surface area contributed by atoms with E-state index in [1.54, 1.807) is 7.11 Å². The Labute approximate surface area is 174 Å². The summed E-state index contributed by atoms with van der Waals surface area (Å²) in [6.45, 7) is 7.85. The van der Waals surface area contributed by atoms with E-state index in [0.717, 1.165) is 33.6 Å². The topological polar surface area (TPSA) is 49.0 Å². The Morgan fingerprint density at radius 1 is 1.07 bits per heavy atom. The van der Waals surface area contributed by atoms with Gasteiger partial charge in [0.15, 0.2) is 23.0 Å². The molecule has 148 valence electrons. The van der Waals surface area contributed by atoms with Gasteiger partial charge in [0.25, 0.3) is 0 Å². The molecule has 0 atom stereocenters. The first-order chi connectivity index (χ1) is 12.4. The second-order valence-electron chi connectivity index (χ2n) is 7.19. The summed E-state index contributed by atoms with van der Waals surface area (Å²) in [5.74, 6) is 2.90. The predicted octanol–water partition coefficient (Wildman–Crippen LogP) is 5.08. The molecule has 1 N–H and O–H groups in total. The average molecular weight is 459 g/mol. The van der Waals surface area contributed by atoms with E-state index in [1.165, 1.54) is 0 Å². The first-order valence-electron chi connectivity index (χ1n) is 8.48. The van der Waals surface area contributed by atoms with E-state index in [0.29, 0.717) is 18.1 Å². The first kappa shape index (κ1) is 21.7. The van der Waals surface area contributed by atoms with E-state index in [-0.39, 0.29) is 24.7 Å². The molecule has 5 nitrogen and oxygen atoms in total. The lowest BCUT2D eigenvalue weighted by molar-refractivity contribution is 0.174. The van der Waals surface area contributed by atoms with Crippen molar-refractivity contribution in [2.45, 2.75) is 39.5 Å². The maximum atomic E-state index is 6.02. The number of methoxy groups -OCH3 is 1. The van der Waals surface area contributed by atoms with Crippen LogP contribution in [0.2, 0.25) is 0 Å². The molecule has 3 rings (SSSR count).